The quantitative estimate of drug-likeness (QED) is 0.569. The highest BCUT2D eigenvalue weighted by molar-refractivity contribution is 6.30. The van der Waals surface area contributed by atoms with Crippen LogP contribution in [0, 0.1) is 11.3 Å². The molecule has 1 aliphatic carbocycles. The van der Waals surface area contributed by atoms with E-state index in [0.717, 1.165) is 50.0 Å². The number of H-pyrrole nitrogens is 1. The lowest BCUT2D eigenvalue weighted by molar-refractivity contribution is -0.0640. The molecule has 8 nitrogen and oxygen atoms in total. The molecule has 9 heteroatoms. The number of pyridine rings is 1. The topological polar surface area (TPSA) is 99.0 Å². The molecule has 5 rings (SSSR count). The van der Waals surface area contributed by atoms with Crippen LogP contribution in [-0.4, -0.2) is 52.0 Å². The number of aromatic amines is 1. The summed E-state index contributed by atoms with van der Waals surface area (Å²) in [7, 11) is 1.76. The molecule has 0 atom stereocenters. The minimum absolute atomic E-state index is 0.206. The first-order chi connectivity index (χ1) is 16.0. The van der Waals surface area contributed by atoms with E-state index in [0.29, 0.717) is 34.8 Å². The van der Waals surface area contributed by atoms with Gasteiger partial charge in [-0.25, -0.2) is 0 Å². The van der Waals surface area contributed by atoms with E-state index in [1.165, 1.54) is 0 Å². The van der Waals surface area contributed by atoms with Gasteiger partial charge < -0.3 is 15.0 Å². The first kappa shape index (κ1) is 22.0. The monoisotopic (exact) mass is 466 g/mol. The molecule has 1 saturated heterocycles. The Morgan fingerprint density at radius 2 is 2.00 bits per heavy atom. The highest BCUT2D eigenvalue weighted by atomic mass is 35.5. The molecule has 1 aliphatic heterocycles. The van der Waals surface area contributed by atoms with Crippen molar-refractivity contribution in [1.29, 1.82) is 5.26 Å². The lowest BCUT2D eigenvalue weighted by Crippen LogP contribution is -2.57. The van der Waals surface area contributed by atoms with Gasteiger partial charge in [-0.15, -0.1) is 0 Å². The number of ether oxygens (including phenoxy) is 1. The number of fused-ring (bicyclic) bond motifs is 1. The number of nitriles is 1. The van der Waals surface area contributed by atoms with E-state index >= 15 is 0 Å². The fraction of sp³-hybridized carbons (Fsp3) is 0.458. The van der Waals surface area contributed by atoms with E-state index in [2.05, 4.69) is 21.3 Å². The number of benzene rings is 1. The van der Waals surface area contributed by atoms with Crippen molar-refractivity contribution in [3.8, 4) is 6.07 Å². The summed E-state index contributed by atoms with van der Waals surface area (Å²) < 4.78 is 7.36. The maximum absolute atomic E-state index is 12.8. The van der Waals surface area contributed by atoms with Gasteiger partial charge in [-0.1, -0.05) is 11.6 Å². The predicted molar refractivity (Wildman–Crippen MR) is 128 cm³/mol. The van der Waals surface area contributed by atoms with Gasteiger partial charge in [-0.2, -0.15) is 10.4 Å². The summed E-state index contributed by atoms with van der Waals surface area (Å²) in [6.45, 7) is 1.95. The third-order valence-electron chi connectivity index (χ3n) is 7.18. The van der Waals surface area contributed by atoms with Crippen LogP contribution in [0.25, 0.3) is 10.9 Å². The molecule has 1 aromatic carbocycles. The number of halogens is 1. The second-order valence-corrected chi connectivity index (χ2v) is 9.50. The number of hydrogen-bond acceptors (Lipinski definition) is 6. The second kappa shape index (κ2) is 8.82. The SMILES string of the molecule is COC1CN(C2CCC(CC#N)(n3nc(Nc4ccc(Cl)cc4)c4c(=O)[nH]ccc43)CC2)C1. The molecule has 33 heavy (non-hydrogen) atoms. The molecule has 3 heterocycles. The van der Waals surface area contributed by atoms with Crippen molar-refractivity contribution < 1.29 is 4.74 Å². The number of hydrogen-bond donors (Lipinski definition) is 2. The highest BCUT2D eigenvalue weighted by Crippen LogP contribution is 2.42. The van der Waals surface area contributed by atoms with Crippen LogP contribution in [-0.2, 0) is 10.3 Å². The Morgan fingerprint density at radius 1 is 1.27 bits per heavy atom. The van der Waals surface area contributed by atoms with Crippen molar-refractivity contribution >= 4 is 34.0 Å². The van der Waals surface area contributed by atoms with Crippen molar-refractivity contribution in [3.05, 3.63) is 51.9 Å². The summed E-state index contributed by atoms with van der Waals surface area (Å²) in [5, 5.41) is 19.0. The van der Waals surface area contributed by atoms with Gasteiger partial charge in [0.05, 0.1) is 29.6 Å². The molecular formula is C24H27ClN6O2. The Hall–Kier alpha value is -2.86. The van der Waals surface area contributed by atoms with E-state index in [9.17, 15) is 10.1 Å². The number of nitrogens with zero attached hydrogens (tertiary/aromatic N) is 4. The van der Waals surface area contributed by atoms with Crippen LogP contribution in [0.1, 0.15) is 32.1 Å². The zero-order valence-corrected chi connectivity index (χ0v) is 19.3. The molecule has 2 aromatic heterocycles. The normalized spacial score (nSPS) is 23.8. The molecule has 0 bridgehead atoms. The molecule has 172 valence electrons. The van der Waals surface area contributed by atoms with Gasteiger partial charge in [0.15, 0.2) is 5.82 Å². The van der Waals surface area contributed by atoms with Crippen LogP contribution in [0.15, 0.2) is 41.3 Å². The smallest absolute Gasteiger partial charge is 0.261 e. The standard InChI is InChI=1S/C24H27ClN6O2/c1-33-19-14-30(15-19)18-6-9-24(10-7-18,11-12-26)31-20-8-13-27-23(32)21(20)22(29-31)28-17-4-2-16(25)3-5-17/h2-5,8,13,18-19H,6-7,9-11,14-15H2,1H3,(H,27,32)(H,28,29). The number of aromatic nitrogens is 3. The van der Waals surface area contributed by atoms with Crippen molar-refractivity contribution in [2.24, 2.45) is 0 Å². The van der Waals surface area contributed by atoms with Gasteiger partial charge in [-0.3, -0.25) is 14.4 Å². The minimum Gasteiger partial charge on any atom is -0.379 e. The Labute approximate surface area is 197 Å². The molecule has 0 amide bonds. The Kier molecular flexibility index (Phi) is 5.87. The fourth-order valence-corrected chi connectivity index (χ4v) is 5.35. The van der Waals surface area contributed by atoms with Crippen molar-refractivity contribution in [2.75, 3.05) is 25.5 Å². The van der Waals surface area contributed by atoms with Gasteiger partial charge in [-0.05, 0) is 56.0 Å². The summed E-state index contributed by atoms with van der Waals surface area (Å²) in [4.78, 5) is 18.0. The Balaban J connectivity index is 1.48. The Morgan fingerprint density at radius 3 is 2.67 bits per heavy atom. The molecule has 3 aromatic rings. The van der Waals surface area contributed by atoms with Crippen LogP contribution >= 0.6 is 11.6 Å². The maximum atomic E-state index is 12.8. The molecule has 0 radical (unpaired) electrons. The maximum Gasteiger partial charge on any atom is 0.261 e. The molecule has 1 saturated carbocycles. The Bertz CT molecular complexity index is 1230. The van der Waals surface area contributed by atoms with Crippen LogP contribution in [0.3, 0.4) is 0 Å². The summed E-state index contributed by atoms with van der Waals surface area (Å²) in [6.07, 6.45) is 5.98. The van der Waals surface area contributed by atoms with Crippen molar-refractivity contribution in [2.45, 2.75) is 49.8 Å². The molecule has 2 fully saturated rings. The van der Waals surface area contributed by atoms with Gasteiger partial charge in [0.2, 0.25) is 0 Å². The van der Waals surface area contributed by atoms with Crippen molar-refractivity contribution in [3.63, 3.8) is 0 Å². The molecule has 2 aliphatic rings. The summed E-state index contributed by atoms with van der Waals surface area (Å²) in [5.74, 6) is 0.485. The van der Waals surface area contributed by atoms with Crippen LogP contribution in [0.5, 0.6) is 0 Å². The lowest BCUT2D eigenvalue weighted by Gasteiger charge is -2.48. The number of anilines is 2. The minimum atomic E-state index is -0.442. The number of nitrogens with one attached hydrogen (secondary N) is 2. The fourth-order valence-electron chi connectivity index (χ4n) is 5.23. The molecule has 2 N–H and O–H groups in total. The van der Waals surface area contributed by atoms with Crippen LogP contribution < -0.4 is 10.9 Å². The van der Waals surface area contributed by atoms with E-state index < -0.39 is 5.54 Å². The average Bonchev–Trinajstić information content (AvgIpc) is 3.16. The molecular weight excluding hydrogens is 440 g/mol. The largest absolute Gasteiger partial charge is 0.379 e. The molecule has 0 unspecified atom stereocenters. The van der Waals surface area contributed by atoms with Gasteiger partial charge in [0, 0.05) is 43.1 Å². The van der Waals surface area contributed by atoms with E-state index in [-0.39, 0.29) is 5.56 Å². The summed E-state index contributed by atoms with van der Waals surface area (Å²) in [6, 6.07) is 12.0. The van der Waals surface area contributed by atoms with Crippen molar-refractivity contribution in [1.82, 2.24) is 19.7 Å². The first-order valence-electron chi connectivity index (χ1n) is 11.3. The van der Waals surface area contributed by atoms with Crippen LogP contribution in [0.4, 0.5) is 11.5 Å². The number of likely N-dealkylation sites (tertiary alicyclic amines) is 1. The third-order valence-corrected chi connectivity index (χ3v) is 7.43. The predicted octanol–water partition coefficient (Wildman–Crippen LogP) is 4.00. The first-order valence-corrected chi connectivity index (χ1v) is 11.7. The zero-order chi connectivity index (χ0) is 23.0. The van der Waals surface area contributed by atoms with Gasteiger partial charge in [0.25, 0.3) is 5.56 Å². The van der Waals surface area contributed by atoms with Gasteiger partial charge >= 0.3 is 0 Å². The van der Waals surface area contributed by atoms with Crippen LogP contribution in [0.2, 0.25) is 5.02 Å². The number of methoxy groups -OCH3 is 1. The molecule has 0 spiro atoms. The zero-order valence-electron chi connectivity index (χ0n) is 18.6. The van der Waals surface area contributed by atoms with E-state index in [1.807, 2.05) is 22.9 Å². The average molecular weight is 467 g/mol. The lowest BCUT2D eigenvalue weighted by atomic mass is 9.76. The van der Waals surface area contributed by atoms with E-state index in [1.54, 1.807) is 25.4 Å². The number of rotatable bonds is 6. The summed E-state index contributed by atoms with van der Waals surface area (Å²) in [5.41, 5.74) is 0.884. The summed E-state index contributed by atoms with van der Waals surface area (Å²) >= 11 is 6.01. The third kappa shape index (κ3) is 4.01. The van der Waals surface area contributed by atoms with Gasteiger partial charge in [0.1, 0.15) is 5.39 Å². The second-order valence-electron chi connectivity index (χ2n) is 9.06. The highest BCUT2D eigenvalue weighted by Gasteiger charge is 2.43. The van der Waals surface area contributed by atoms with E-state index in [4.69, 9.17) is 21.4 Å².